The average molecular weight is 384 g/mol. The molecule has 1 unspecified atom stereocenters. The van der Waals surface area contributed by atoms with E-state index < -0.39 is 23.4 Å². The highest BCUT2D eigenvalue weighted by atomic mass is 19.4. The van der Waals surface area contributed by atoms with E-state index in [0.29, 0.717) is 13.0 Å². The van der Waals surface area contributed by atoms with Crippen molar-refractivity contribution in [2.24, 2.45) is 0 Å². The van der Waals surface area contributed by atoms with Gasteiger partial charge in [0.25, 0.3) is 0 Å². The monoisotopic (exact) mass is 384 g/mol. The predicted molar refractivity (Wildman–Crippen MR) is 90.0 cm³/mol. The number of hydrogen-bond acceptors (Lipinski definition) is 5. The minimum Gasteiger partial charge on any atom is -0.476 e. The van der Waals surface area contributed by atoms with E-state index in [2.05, 4.69) is 10.2 Å². The van der Waals surface area contributed by atoms with Gasteiger partial charge in [-0.2, -0.15) is 13.2 Å². The summed E-state index contributed by atoms with van der Waals surface area (Å²) >= 11 is 0. The quantitative estimate of drug-likeness (QED) is 0.824. The topological polar surface area (TPSA) is 91.5 Å². The van der Waals surface area contributed by atoms with E-state index in [1.54, 1.807) is 4.90 Å². The number of hydrogen-bond donors (Lipinski definition) is 2. The van der Waals surface area contributed by atoms with Crippen molar-refractivity contribution in [3.63, 3.8) is 0 Å². The van der Waals surface area contributed by atoms with Crippen LogP contribution in [-0.4, -0.2) is 50.4 Å². The van der Waals surface area contributed by atoms with E-state index in [-0.39, 0.29) is 24.2 Å². The van der Waals surface area contributed by atoms with Crippen LogP contribution >= 0.6 is 0 Å². The summed E-state index contributed by atoms with van der Waals surface area (Å²) in [6.45, 7) is 0.430. The molecule has 0 bridgehead atoms. The smallest absolute Gasteiger partial charge is 0.418 e. The van der Waals surface area contributed by atoms with Crippen molar-refractivity contribution in [1.29, 1.82) is 0 Å². The summed E-state index contributed by atoms with van der Waals surface area (Å²) in [5.74, 6) is -1.34. The lowest BCUT2D eigenvalue weighted by Crippen LogP contribution is -2.41. The van der Waals surface area contributed by atoms with Crippen LogP contribution in [0.2, 0.25) is 0 Å². The molecule has 1 aromatic heterocycles. The van der Waals surface area contributed by atoms with E-state index in [1.165, 1.54) is 18.2 Å². The number of alkyl halides is 3. The summed E-state index contributed by atoms with van der Waals surface area (Å²) in [6, 6.07) is 4.61. The fourth-order valence-corrected chi connectivity index (χ4v) is 3.35. The third-order valence-corrected chi connectivity index (χ3v) is 4.58. The first-order valence-electron chi connectivity index (χ1n) is 8.57. The van der Waals surface area contributed by atoms with Gasteiger partial charge >= 0.3 is 12.1 Å². The number of rotatable bonds is 5. The number of aromatic nitrogens is 3. The fraction of sp³-hybridized carbons (Fsp3) is 0.471. The number of halogens is 3. The summed E-state index contributed by atoms with van der Waals surface area (Å²) in [5.41, 5.74) is -1.69. The van der Waals surface area contributed by atoms with Crippen LogP contribution in [0.5, 0.6) is 0 Å². The van der Waals surface area contributed by atoms with E-state index in [4.69, 9.17) is 0 Å². The molecule has 0 radical (unpaired) electrons. The van der Waals surface area contributed by atoms with Crippen LogP contribution in [0.15, 0.2) is 24.3 Å². The van der Waals surface area contributed by atoms with Crippen LogP contribution in [0, 0.1) is 0 Å². The Hall–Kier alpha value is -2.62. The number of carboxylic acids is 1. The molecule has 10 heteroatoms. The first-order valence-corrected chi connectivity index (χ1v) is 8.57. The summed E-state index contributed by atoms with van der Waals surface area (Å²) in [6.07, 6.45) is -1.74. The molecule has 2 heterocycles. The molecule has 27 heavy (non-hydrogen) atoms. The van der Waals surface area contributed by atoms with Gasteiger partial charge in [0.2, 0.25) is 5.69 Å². The number of anilines is 1. The predicted octanol–water partition coefficient (Wildman–Crippen LogP) is 2.73. The van der Waals surface area contributed by atoms with Gasteiger partial charge in [-0.15, -0.1) is 15.0 Å². The van der Waals surface area contributed by atoms with Gasteiger partial charge in [0, 0.05) is 19.2 Å². The Balaban J connectivity index is 2.09. The molecular formula is C17H19F3N4O3. The molecule has 1 aliphatic heterocycles. The second-order valence-corrected chi connectivity index (χ2v) is 6.34. The number of piperidine rings is 1. The number of carboxylic acid groups (broad SMARTS) is 1. The molecule has 2 aromatic rings. The molecule has 1 saturated heterocycles. The van der Waals surface area contributed by atoms with Gasteiger partial charge < -0.3 is 15.1 Å². The van der Waals surface area contributed by atoms with Crippen LogP contribution < -0.4 is 4.90 Å². The number of aromatic carboxylic acids is 1. The van der Waals surface area contributed by atoms with Crippen molar-refractivity contribution in [3.05, 3.63) is 35.5 Å². The van der Waals surface area contributed by atoms with Gasteiger partial charge in [-0.25, -0.2) is 4.79 Å². The highest BCUT2D eigenvalue weighted by molar-refractivity contribution is 5.91. The van der Waals surface area contributed by atoms with Crippen molar-refractivity contribution < 1.29 is 28.2 Å². The van der Waals surface area contributed by atoms with Crippen LogP contribution in [-0.2, 0) is 6.18 Å². The molecule has 0 saturated carbocycles. The second-order valence-electron chi connectivity index (χ2n) is 6.34. The van der Waals surface area contributed by atoms with Crippen LogP contribution in [0.25, 0.3) is 5.69 Å². The summed E-state index contributed by atoms with van der Waals surface area (Å²) < 4.78 is 39.9. The minimum absolute atomic E-state index is 0.0256. The number of para-hydroxylation sites is 1. The van der Waals surface area contributed by atoms with Crippen molar-refractivity contribution >= 4 is 11.8 Å². The maximum absolute atomic E-state index is 13.3. The first-order chi connectivity index (χ1) is 12.8. The van der Waals surface area contributed by atoms with Crippen LogP contribution in [0.4, 0.5) is 19.0 Å². The lowest BCUT2D eigenvalue weighted by Gasteiger charge is -2.35. The van der Waals surface area contributed by atoms with Crippen molar-refractivity contribution in [3.8, 4) is 5.69 Å². The van der Waals surface area contributed by atoms with Gasteiger partial charge in [-0.1, -0.05) is 12.1 Å². The SMILES string of the molecule is O=C(O)c1nn(-c2ccccc2C(F)(F)F)nc1N1CCCCC1CCO. The second kappa shape index (κ2) is 7.55. The minimum atomic E-state index is -4.63. The van der Waals surface area contributed by atoms with E-state index in [9.17, 15) is 28.2 Å². The van der Waals surface area contributed by atoms with Crippen molar-refractivity contribution in [2.45, 2.75) is 37.9 Å². The maximum atomic E-state index is 13.3. The highest BCUT2D eigenvalue weighted by Crippen LogP contribution is 2.34. The first kappa shape index (κ1) is 19.2. The van der Waals surface area contributed by atoms with Crippen LogP contribution in [0.1, 0.15) is 41.7 Å². The molecule has 0 spiro atoms. The summed E-state index contributed by atoms with van der Waals surface area (Å²) in [5, 5.41) is 26.7. The van der Waals surface area contributed by atoms with Gasteiger partial charge in [-0.05, 0) is 37.8 Å². The molecule has 146 valence electrons. The Morgan fingerprint density at radius 1 is 1.22 bits per heavy atom. The molecule has 2 N–H and O–H groups in total. The Morgan fingerprint density at radius 2 is 1.96 bits per heavy atom. The number of benzene rings is 1. The number of carbonyl (C=O) groups is 1. The lowest BCUT2D eigenvalue weighted by atomic mass is 9.99. The highest BCUT2D eigenvalue weighted by Gasteiger charge is 2.36. The molecule has 1 aromatic carbocycles. The lowest BCUT2D eigenvalue weighted by molar-refractivity contribution is -0.137. The normalized spacial score (nSPS) is 17.9. The van der Waals surface area contributed by atoms with Gasteiger partial charge in [-0.3, -0.25) is 0 Å². The molecule has 1 aliphatic rings. The standard InChI is InChI=1S/C17H19F3N4O3/c18-17(19,20)12-6-1-2-7-13(12)24-21-14(16(26)27)15(22-24)23-9-4-3-5-11(23)8-10-25/h1-2,6-7,11,25H,3-5,8-10H2,(H,26,27). The third-order valence-electron chi connectivity index (χ3n) is 4.58. The Labute approximate surface area is 153 Å². The largest absolute Gasteiger partial charge is 0.476 e. The van der Waals surface area contributed by atoms with Gasteiger partial charge in [0.1, 0.15) is 0 Å². The molecule has 1 fully saturated rings. The fourth-order valence-electron chi connectivity index (χ4n) is 3.35. The third kappa shape index (κ3) is 3.90. The zero-order chi connectivity index (χ0) is 19.6. The van der Waals surface area contributed by atoms with Crippen LogP contribution in [0.3, 0.4) is 0 Å². The zero-order valence-electron chi connectivity index (χ0n) is 14.4. The van der Waals surface area contributed by atoms with Crippen molar-refractivity contribution in [2.75, 3.05) is 18.1 Å². The number of nitrogens with zero attached hydrogens (tertiary/aromatic N) is 4. The Bertz CT molecular complexity index is 820. The van der Waals surface area contributed by atoms with Gasteiger partial charge in [0.15, 0.2) is 5.82 Å². The Morgan fingerprint density at radius 3 is 2.63 bits per heavy atom. The Kier molecular flexibility index (Phi) is 5.36. The average Bonchev–Trinajstić information content (AvgIpc) is 3.07. The van der Waals surface area contributed by atoms with Gasteiger partial charge in [0.05, 0.1) is 11.3 Å². The number of aliphatic hydroxyl groups is 1. The molecule has 1 atom stereocenters. The molecule has 0 aliphatic carbocycles. The summed E-state index contributed by atoms with van der Waals surface area (Å²) in [7, 11) is 0. The summed E-state index contributed by atoms with van der Waals surface area (Å²) in [4.78, 5) is 14.1. The molecule has 3 rings (SSSR count). The van der Waals surface area contributed by atoms with E-state index in [0.717, 1.165) is 30.1 Å². The number of aliphatic hydroxyl groups excluding tert-OH is 1. The van der Waals surface area contributed by atoms with E-state index >= 15 is 0 Å². The molecule has 0 amide bonds. The maximum Gasteiger partial charge on any atom is 0.418 e. The van der Waals surface area contributed by atoms with E-state index in [1.807, 2.05) is 0 Å². The molecular weight excluding hydrogens is 365 g/mol. The molecule has 7 nitrogen and oxygen atoms in total. The van der Waals surface area contributed by atoms with Crippen molar-refractivity contribution in [1.82, 2.24) is 15.0 Å². The zero-order valence-corrected chi connectivity index (χ0v) is 14.4.